The molecule has 0 radical (unpaired) electrons. The minimum Gasteiger partial charge on any atom is -0.481 e. The second-order valence-corrected chi connectivity index (χ2v) is 5.23. The van der Waals surface area contributed by atoms with Crippen molar-refractivity contribution in [2.24, 2.45) is 5.92 Å². The van der Waals surface area contributed by atoms with Gasteiger partial charge in [0.15, 0.2) is 0 Å². The first-order chi connectivity index (χ1) is 11.3. The van der Waals surface area contributed by atoms with Gasteiger partial charge in [-0.05, 0) is 12.1 Å². The first kappa shape index (κ1) is 17.1. The van der Waals surface area contributed by atoms with Gasteiger partial charge in [-0.25, -0.2) is 9.67 Å². The Morgan fingerprint density at radius 1 is 1.46 bits per heavy atom. The van der Waals surface area contributed by atoms with Crippen LogP contribution in [0.25, 0.3) is 5.69 Å². The number of aliphatic carboxylic acids is 1. The number of carboxylic acids is 1. The van der Waals surface area contributed by atoms with Crippen LogP contribution in [0.4, 0.5) is 5.69 Å². The number of carboxylic acid groups (broad SMARTS) is 1. The fourth-order valence-corrected chi connectivity index (χ4v) is 2.12. The average Bonchev–Trinajstić information content (AvgIpc) is 3.07. The van der Waals surface area contributed by atoms with Gasteiger partial charge in [-0.2, -0.15) is 5.10 Å². The third kappa shape index (κ3) is 3.54. The number of nitro groups is 1. The molecule has 1 amide bonds. The molecule has 0 bridgehead atoms. The Morgan fingerprint density at radius 3 is 2.71 bits per heavy atom. The van der Waals surface area contributed by atoms with Crippen molar-refractivity contribution >= 4 is 17.6 Å². The van der Waals surface area contributed by atoms with E-state index in [2.05, 4.69) is 10.1 Å². The summed E-state index contributed by atoms with van der Waals surface area (Å²) in [7, 11) is 1.44. The number of hydrogen-bond acceptors (Lipinski definition) is 6. The first-order valence-electron chi connectivity index (χ1n) is 6.93. The Kier molecular flexibility index (Phi) is 4.87. The number of carbonyl (C=O) groups is 2. The number of hydrogen-bond donors (Lipinski definition) is 1. The van der Waals surface area contributed by atoms with Gasteiger partial charge in [0.05, 0.1) is 10.8 Å². The van der Waals surface area contributed by atoms with E-state index in [0.717, 1.165) is 6.07 Å². The van der Waals surface area contributed by atoms with Gasteiger partial charge in [0, 0.05) is 25.2 Å². The van der Waals surface area contributed by atoms with E-state index in [4.69, 9.17) is 5.11 Å². The molecule has 1 aromatic carbocycles. The van der Waals surface area contributed by atoms with Gasteiger partial charge in [0.2, 0.25) is 0 Å². The van der Waals surface area contributed by atoms with Crippen LogP contribution in [0.5, 0.6) is 0 Å². The van der Waals surface area contributed by atoms with Crippen LogP contribution in [0.3, 0.4) is 0 Å². The molecule has 0 aliphatic rings. The monoisotopic (exact) mass is 333 g/mol. The molecule has 126 valence electrons. The molecule has 0 fully saturated rings. The highest BCUT2D eigenvalue weighted by atomic mass is 16.6. The van der Waals surface area contributed by atoms with Crippen LogP contribution in [0, 0.1) is 16.0 Å². The van der Waals surface area contributed by atoms with Gasteiger partial charge in [-0.1, -0.05) is 6.92 Å². The largest absolute Gasteiger partial charge is 0.481 e. The quantitative estimate of drug-likeness (QED) is 0.615. The summed E-state index contributed by atoms with van der Waals surface area (Å²) in [6.07, 6.45) is 2.55. The molecule has 1 unspecified atom stereocenters. The van der Waals surface area contributed by atoms with Gasteiger partial charge >= 0.3 is 5.97 Å². The van der Waals surface area contributed by atoms with Crippen molar-refractivity contribution in [1.82, 2.24) is 19.7 Å². The summed E-state index contributed by atoms with van der Waals surface area (Å²) >= 11 is 0. The molecule has 2 aromatic rings. The summed E-state index contributed by atoms with van der Waals surface area (Å²) in [6.45, 7) is 1.47. The van der Waals surface area contributed by atoms with Gasteiger partial charge in [-0.3, -0.25) is 19.7 Å². The molecule has 0 saturated carbocycles. The lowest BCUT2D eigenvalue weighted by atomic mass is 10.1. The highest BCUT2D eigenvalue weighted by Crippen LogP contribution is 2.24. The molecule has 0 spiro atoms. The Hall–Kier alpha value is -3.30. The van der Waals surface area contributed by atoms with Crippen molar-refractivity contribution in [1.29, 1.82) is 0 Å². The average molecular weight is 333 g/mol. The minimum atomic E-state index is -1.03. The van der Waals surface area contributed by atoms with Crippen LogP contribution < -0.4 is 0 Å². The van der Waals surface area contributed by atoms with E-state index in [0.29, 0.717) is 0 Å². The molecular weight excluding hydrogens is 318 g/mol. The number of aromatic nitrogens is 3. The molecule has 1 N–H and O–H groups in total. The van der Waals surface area contributed by atoms with Crippen molar-refractivity contribution in [3.05, 3.63) is 46.5 Å². The molecule has 1 atom stereocenters. The molecule has 2 rings (SSSR count). The van der Waals surface area contributed by atoms with E-state index >= 15 is 0 Å². The zero-order chi connectivity index (χ0) is 17.9. The SMILES string of the molecule is CC(CN(C)C(=O)c1ccc(-n2cncn2)c([N+](=O)[O-])c1)C(=O)O. The van der Waals surface area contributed by atoms with Crippen molar-refractivity contribution in [2.45, 2.75) is 6.92 Å². The highest BCUT2D eigenvalue weighted by molar-refractivity contribution is 5.95. The van der Waals surface area contributed by atoms with Crippen LogP contribution in [0.2, 0.25) is 0 Å². The maximum atomic E-state index is 12.4. The van der Waals surface area contributed by atoms with E-state index in [9.17, 15) is 19.7 Å². The Morgan fingerprint density at radius 2 is 2.17 bits per heavy atom. The Labute approximate surface area is 136 Å². The minimum absolute atomic E-state index is 0.00715. The summed E-state index contributed by atoms with van der Waals surface area (Å²) in [6, 6.07) is 3.96. The second kappa shape index (κ2) is 6.86. The third-order valence-electron chi connectivity index (χ3n) is 3.40. The fraction of sp³-hybridized carbons (Fsp3) is 0.286. The number of rotatable bonds is 6. The van der Waals surface area contributed by atoms with Crippen molar-refractivity contribution in [3.8, 4) is 5.69 Å². The molecule has 1 heterocycles. The predicted octanol–water partition coefficient (Wildman–Crippen LogP) is 0.968. The predicted molar refractivity (Wildman–Crippen MR) is 81.8 cm³/mol. The van der Waals surface area contributed by atoms with E-state index in [1.807, 2.05) is 0 Å². The first-order valence-corrected chi connectivity index (χ1v) is 6.93. The molecule has 24 heavy (non-hydrogen) atoms. The maximum absolute atomic E-state index is 12.4. The van der Waals surface area contributed by atoms with Crippen molar-refractivity contribution in [3.63, 3.8) is 0 Å². The number of nitrogens with zero attached hydrogens (tertiary/aromatic N) is 5. The van der Waals surface area contributed by atoms with E-state index in [-0.39, 0.29) is 23.5 Å². The Balaban J connectivity index is 2.31. The lowest BCUT2D eigenvalue weighted by molar-refractivity contribution is -0.384. The summed E-state index contributed by atoms with van der Waals surface area (Å²) in [5.74, 6) is -2.28. The van der Waals surface area contributed by atoms with E-state index in [1.165, 1.54) is 48.3 Å². The smallest absolute Gasteiger partial charge is 0.308 e. The maximum Gasteiger partial charge on any atom is 0.308 e. The highest BCUT2D eigenvalue weighted by Gasteiger charge is 2.23. The van der Waals surface area contributed by atoms with Gasteiger partial charge in [-0.15, -0.1) is 0 Å². The molecule has 10 heteroatoms. The summed E-state index contributed by atoms with van der Waals surface area (Å²) in [5, 5.41) is 24.0. The number of benzene rings is 1. The van der Waals surface area contributed by atoms with Crippen LogP contribution in [-0.2, 0) is 4.79 Å². The molecule has 1 aromatic heterocycles. The summed E-state index contributed by atoms with van der Waals surface area (Å²) in [4.78, 5) is 38.8. The van der Waals surface area contributed by atoms with Crippen LogP contribution >= 0.6 is 0 Å². The lowest BCUT2D eigenvalue weighted by Gasteiger charge is -2.19. The third-order valence-corrected chi connectivity index (χ3v) is 3.40. The molecule has 0 saturated heterocycles. The van der Waals surface area contributed by atoms with Crippen molar-refractivity contribution < 1.29 is 19.6 Å². The topological polar surface area (TPSA) is 131 Å². The summed E-state index contributed by atoms with van der Waals surface area (Å²) in [5.41, 5.74) is -0.0349. The Bertz CT molecular complexity index is 774. The second-order valence-electron chi connectivity index (χ2n) is 5.23. The van der Waals surface area contributed by atoms with Crippen LogP contribution in [0.1, 0.15) is 17.3 Å². The van der Waals surface area contributed by atoms with Crippen LogP contribution in [0.15, 0.2) is 30.9 Å². The molecule has 0 aliphatic carbocycles. The van der Waals surface area contributed by atoms with Gasteiger partial charge in [0.25, 0.3) is 11.6 Å². The van der Waals surface area contributed by atoms with Crippen molar-refractivity contribution in [2.75, 3.05) is 13.6 Å². The van der Waals surface area contributed by atoms with E-state index in [1.54, 1.807) is 0 Å². The normalized spacial score (nSPS) is 11.8. The fourth-order valence-electron chi connectivity index (χ4n) is 2.12. The number of carbonyl (C=O) groups excluding carboxylic acids is 1. The van der Waals surface area contributed by atoms with Gasteiger partial charge in [0.1, 0.15) is 18.3 Å². The van der Waals surface area contributed by atoms with E-state index < -0.39 is 22.7 Å². The number of nitro benzene ring substituents is 1. The molecule has 0 aliphatic heterocycles. The van der Waals surface area contributed by atoms with Gasteiger partial charge < -0.3 is 10.0 Å². The molecular formula is C14H15N5O5. The lowest BCUT2D eigenvalue weighted by Crippen LogP contribution is -2.33. The number of amides is 1. The van der Waals surface area contributed by atoms with Crippen LogP contribution in [-0.4, -0.2) is 55.2 Å². The molecule has 10 nitrogen and oxygen atoms in total. The standard InChI is InChI=1S/C14H15N5O5/c1-9(14(21)22)6-17(2)13(20)10-3-4-11(12(5-10)19(23)24)18-8-15-7-16-18/h3-5,7-9H,6H2,1-2H3,(H,21,22). The zero-order valence-corrected chi connectivity index (χ0v) is 13.0. The summed E-state index contributed by atoms with van der Waals surface area (Å²) < 4.78 is 1.22. The zero-order valence-electron chi connectivity index (χ0n) is 13.0.